The van der Waals surface area contributed by atoms with Crippen molar-refractivity contribution in [3.8, 4) is 0 Å². The highest BCUT2D eigenvalue weighted by Crippen LogP contribution is 2.18. The molecule has 25 heavy (non-hydrogen) atoms. The number of benzene rings is 1. The highest BCUT2D eigenvalue weighted by molar-refractivity contribution is 5.77. The molecule has 2 aromatic rings. The maximum Gasteiger partial charge on any atom is 0.248 e. The van der Waals surface area contributed by atoms with Gasteiger partial charge in [-0.05, 0) is 31.5 Å². The van der Waals surface area contributed by atoms with E-state index in [1.54, 1.807) is 0 Å². The van der Waals surface area contributed by atoms with Gasteiger partial charge in [-0.3, -0.25) is 9.78 Å². The van der Waals surface area contributed by atoms with Crippen LogP contribution in [0.1, 0.15) is 17.0 Å². The van der Waals surface area contributed by atoms with Gasteiger partial charge in [0.05, 0.1) is 6.61 Å². The molecule has 0 saturated carbocycles. The quantitative estimate of drug-likeness (QED) is 0.840. The number of rotatable bonds is 5. The molecule has 3 rings (SSSR count). The zero-order valence-electron chi connectivity index (χ0n) is 14.9. The fourth-order valence-electron chi connectivity index (χ4n) is 3.13. The lowest BCUT2D eigenvalue weighted by molar-refractivity contribution is -0.136. The SMILES string of the molecule is Cc1cc(N2CCN(C(=O)COCc3ccccc3)CC2)cc(C)n1. The van der Waals surface area contributed by atoms with Crippen molar-refractivity contribution in [2.75, 3.05) is 37.7 Å². The molecule has 5 heteroatoms. The lowest BCUT2D eigenvalue weighted by atomic mass is 10.2. The summed E-state index contributed by atoms with van der Waals surface area (Å²) in [5.41, 5.74) is 4.34. The average molecular weight is 339 g/mol. The molecule has 1 fully saturated rings. The number of carbonyl (C=O) groups excluding carboxylic acids is 1. The average Bonchev–Trinajstić information content (AvgIpc) is 2.62. The summed E-state index contributed by atoms with van der Waals surface area (Å²) < 4.78 is 5.56. The summed E-state index contributed by atoms with van der Waals surface area (Å²) in [6.07, 6.45) is 0. The van der Waals surface area contributed by atoms with Gasteiger partial charge >= 0.3 is 0 Å². The number of anilines is 1. The number of pyridine rings is 1. The van der Waals surface area contributed by atoms with E-state index in [0.717, 1.165) is 43.1 Å². The van der Waals surface area contributed by atoms with Crippen LogP contribution in [-0.2, 0) is 16.1 Å². The van der Waals surface area contributed by atoms with Crippen LogP contribution in [0.3, 0.4) is 0 Å². The van der Waals surface area contributed by atoms with Crippen LogP contribution in [0.5, 0.6) is 0 Å². The van der Waals surface area contributed by atoms with Crippen LogP contribution in [0.4, 0.5) is 5.69 Å². The maximum atomic E-state index is 12.3. The fourth-order valence-corrected chi connectivity index (χ4v) is 3.13. The van der Waals surface area contributed by atoms with Gasteiger partial charge in [0.25, 0.3) is 0 Å². The summed E-state index contributed by atoms with van der Waals surface area (Å²) in [7, 11) is 0. The van der Waals surface area contributed by atoms with Crippen LogP contribution >= 0.6 is 0 Å². The minimum absolute atomic E-state index is 0.0673. The highest BCUT2D eigenvalue weighted by Gasteiger charge is 2.21. The topological polar surface area (TPSA) is 45.7 Å². The first kappa shape index (κ1) is 17.4. The highest BCUT2D eigenvalue weighted by atomic mass is 16.5. The van der Waals surface area contributed by atoms with Crippen LogP contribution in [0.15, 0.2) is 42.5 Å². The van der Waals surface area contributed by atoms with E-state index in [0.29, 0.717) is 6.61 Å². The fraction of sp³-hybridized carbons (Fsp3) is 0.400. The molecule has 1 aromatic heterocycles. The molecule has 1 aliphatic rings. The minimum Gasteiger partial charge on any atom is -0.368 e. The molecule has 1 saturated heterocycles. The number of aryl methyl sites for hydroxylation is 2. The van der Waals surface area contributed by atoms with Crippen molar-refractivity contribution in [3.63, 3.8) is 0 Å². The van der Waals surface area contributed by atoms with E-state index in [4.69, 9.17) is 4.74 Å². The molecule has 0 unspecified atom stereocenters. The van der Waals surface area contributed by atoms with Gasteiger partial charge in [-0.1, -0.05) is 30.3 Å². The second-order valence-corrected chi connectivity index (χ2v) is 6.45. The third-order valence-corrected chi connectivity index (χ3v) is 4.40. The van der Waals surface area contributed by atoms with Crippen LogP contribution < -0.4 is 4.90 Å². The van der Waals surface area contributed by atoms with E-state index in [9.17, 15) is 4.79 Å². The number of amides is 1. The Morgan fingerprint density at radius 2 is 1.68 bits per heavy atom. The minimum atomic E-state index is 0.0673. The van der Waals surface area contributed by atoms with E-state index >= 15 is 0 Å². The molecule has 0 aliphatic carbocycles. The van der Waals surface area contributed by atoms with Crippen LogP contribution in [0, 0.1) is 13.8 Å². The summed E-state index contributed by atoms with van der Waals surface area (Å²) in [4.78, 5) is 20.9. The smallest absolute Gasteiger partial charge is 0.248 e. The Morgan fingerprint density at radius 1 is 1.04 bits per heavy atom. The number of aromatic nitrogens is 1. The Hall–Kier alpha value is -2.40. The Bertz CT molecular complexity index is 690. The second kappa shape index (κ2) is 8.12. The van der Waals surface area contributed by atoms with Crippen molar-refractivity contribution in [2.45, 2.75) is 20.5 Å². The Balaban J connectivity index is 1.46. The molecule has 0 bridgehead atoms. The van der Waals surface area contributed by atoms with E-state index in [2.05, 4.69) is 22.0 Å². The standard InChI is InChI=1S/C20H25N3O2/c1-16-12-19(13-17(2)21-16)22-8-10-23(11-9-22)20(24)15-25-14-18-6-4-3-5-7-18/h3-7,12-13H,8-11,14-15H2,1-2H3. The molecule has 1 amide bonds. The Labute approximate surface area is 149 Å². The van der Waals surface area contributed by atoms with Crippen molar-refractivity contribution in [1.29, 1.82) is 0 Å². The normalized spacial score (nSPS) is 14.6. The van der Waals surface area contributed by atoms with Crippen molar-refractivity contribution in [1.82, 2.24) is 9.88 Å². The Morgan fingerprint density at radius 3 is 2.32 bits per heavy atom. The first-order valence-corrected chi connectivity index (χ1v) is 8.71. The molecule has 0 radical (unpaired) electrons. The number of nitrogens with zero attached hydrogens (tertiary/aromatic N) is 3. The van der Waals surface area contributed by atoms with Gasteiger partial charge in [0.2, 0.25) is 5.91 Å². The number of carbonyl (C=O) groups is 1. The lowest BCUT2D eigenvalue weighted by Crippen LogP contribution is -2.49. The lowest BCUT2D eigenvalue weighted by Gasteiger charge is -2.36. The van der Waals surface area contributed by atoms with Crippen molar-refractivity contribution in [3.05, 3.63) is 59.4 Å². The van der Waals surface area contributed by atoms with Crippen LogP contribution in [0.25, 0.3) is 0 Å². The van der Waals surface area contributed by atoms with Gasteiger partial charge < -0.3 is 14.5 Å². The monoisotopic (exact) mass is 339 g/mol. The molecular formula is C20H25N3O2. The predicted molar refractivity (Wildman–Crippen MR) is 98.6 cm³/mol. The summed E-state index contributed by atoms with van der Waals surface area (Å²) in [5.74, 6) is 0.0673. The molecule has 0 N–H and O–H groups in total. The number of hydrogen-bond acceptors (Lipinski definition) is 4. The van der Waals surface area contributed by atoms with Gasteiger partial charge in [-0.2, -0.15) is 0 Å². The van der Waals surface area contributed by atoms with Gasteiger partial charge in [-0.25, -0.2) is 0 Å². The summed E-state index contributed by atoms with van der Waals surface area (Å²) >= 11 is 0. The number of ether oxygens (including phenoxy) is 1. The van der Waals surface area contributed by atoms with E-state index in [1.807, 2.05) is 49.1 Å². The molecular weight excluding hydrogens is 314 g/mol. The van der Waals surface area contributed by atoms with Gasteiger partial charge in [0, 0.05) is 43.3 Å². The molecule has 5 nitrogen and oxygen atoms in total. The van der Waals surface area contributed by atoms with Crippen molar-refractivity contribution >= 4 is 11.6 Å². The zero-order chi connectivity index (χ0) is 17.6. The molecule has 0 spiro atoms. The van der Waals surface area contributed by atoms with Crippen LogP contribution in [0.2, 0.25) is 0 Å². The Kier molecular flexibility index (Phi) is 5.66. The third-order valence-electron chi connectivity index (χ3n) is 4.40. The summed E-state index contributed by atoms with van der Waals surface area (Å²) in [5, 5.41) is 0. The third kappa shape index (κ3) is 4.79. The molecule has 2 heterocycles. The van der Waals surface area contributed by atoms with Gasteiger partial charge in [-0.15, -0.1) is 0 Å². The molecule has 1 aromatic carbocycles. The van der Waals surface area contributed by atoms with E-state index in [1.165, 1.54) is 5.69 Å². The van der Waals surface area contributed by atoms with Crippen molar-refractivity contribution < 1.29 is 9.53 Å². The van der Waals surface area contributed by atoms with E-state index < -0.39 is 0 Å². The zero-order valence-corrected chi connectivity index (χ0v) is 14.9. The van der Waals surface area contributed by atoms with Crippen LogP contribution in [-0.4, -0.2) is 48.6 Å². The molecule has 132 valence electrons. The van der Waals surface area contributed by atoms with E-state index in [-0.39, 0.29) is 12.5 Å². The number of hydrogen-bond donors (Lipinski definition) is 0. The molecule has 0 atom stereocenters. The summed E-state index contributed by atoms with van der Waals surface area (Å²) in [6.45, 7) is 7.79. The first-order chi connectivity index (χ1) is 12.1. The van der Waals surface area contributed by atoms with Gasteiger partial charge in [0.1, 0.15) is 6.61 Å². The van der Waals surface area contributed by atoms with Gasteiger partial charge in [0.15, 0.2) is 0 Å². The maximum absolute atomic E-state index is 12.3. The second-order valence-electron chi connectivity index (χ2n) is 6.45. The largest absolute Gasteiger partial charge is 0.368 e. The molecule has 1 aliphatic heterocycles. The number of piperazine rings is 1. The van der Waals surface area contributed by atoms with Crippen molar-refractivity contribution in [2.24, 2.45) is 0 Å². The summed E-state index contributed by atoms with van der Waals surface area (Å²) in [6, 6.07) is 14.1. The predicted octanol–water partition coefficient (Wildman–Crippen LogP) is 2.56. The first-order valence-electron chi connectivity index (χ1n) is 8.71.